The second-order valence-corrected chi connectivity index (χ2v) is 6.45. The van der Waals surface area contributed by atoms with Crippen molar-refractivity contribution < 1.29 is 8.95 Å². The summed E-state index contributed by atoms with van der Waals surface area (Å²) in [4.78, 5) is 0. The Hall–Kier alpha value is -0.870. The van der Waals surface area contributed by atoms with Gasteiger partial charge in [0.2, 0.25) is 0 Å². The highest BCUT2D eigenvalue weighted by Crippen LogP contribution is 2.26. The molecule has 0 heterocycles. The molecule has 0 saturated heterocycles. The van der Waals surface area contributed by atoms with Crippen LogP contribution in [0.2, 0.25) is 0 Å². The first-order valence-electron chi connectivity index (χ1n) is 6.36. The third-order valence-electron chi connectivity index (χ3n) is 2.80. The number of nitrogens with one attached hydrogen (secondary N) is 1. The van der Waals surface area contributed by atoms with E-state index in [9.17, 15) is 4.21 Å². The van der Waals surface area contributed by atoms with Crippen molar-refractivity contribution in [3.05, 3.63) is 29.8 Å². The van der Waals surface area contributed by atoms with Crippen molar-refractivity contribution in [1.29, 1.82) is 0 Å². The maximum absolute atomic E-state index is 12.0. The zero-order valence-corrected chi connectivity index (χ0v) is 12.4. The summed E-state index contributed by atoms with van der Waals surface area (Å²) in [6.07, 6.45) is 0. The number of ether oxygens (including phenoxy) is 1. The van der Waals surface area contributed by atoms with Crippen LogP contribution in [0.25, 0.3) is 0 Å². The molecule has 0 amide bonds. The van der Waals surface area contributed by atoms with E-state index in [-0.39, 0.29) is 11.3 Å². The lowest BCUT2D eigenvalue weighted by atomic mass is 10.1. The van der Waals surface area contributed by atoms with Crippen LogP contribution in [-0.2, 0) is 10.8 Å². The largest absolute Gasteiger partial charge is 0.494 e. The minimum atomic E-state index is -0.832. The molecule has 3 nitrogen and oxygen atoms in total. The molecule has 1 N–H and O–H groups in total. The zero-order valence-electron chi connectivity index (χ0n) is 11.6. The first-order valence-corrected chi connectivity index (χ1v) is 7.74. The molecule has 0 bridgehead atoms. The smallest absolute Gasteiger partial charge is 0.124 e. The van der Waals surface area contributed by atoms with E-state index in [0.717, 1.165) is 11.3 Å². The lowest BCUT2D eigenvalue weighted by Crippen LogP contribution is -2.26. The summed E-state index contributed by atoms with van der Waals surface area (Å²) in [6.45, 7) is 6.58. The first kappa shape index (κ1) is 15.2. The van der Waals surface area contributed by atoms with Crippen molar-refractivity contribution in [2.75, 3.05) is 19.4 Å². The molecule has 18 heavy (non-hydrogen) atoms. The molecule has 1 rings (SSSR count). The van der Waals surface area contributed by atoms with Gasteiger partial charge >= 0.3 is 0 Å². The predicted molar refractivity (Wildman–Crippen MR) is 77.6 cm³/mol. The molecule has 2 unspecified atom stereocenters. The van der Waals surface area contributed by atoms with Gasteiger partial charge in [-0.25, -0.2) is 0 Å². The summed E-state index contributed by atoms with van der Waals surface area (Å²) >= 11 is 0. The number of hydrogen-bond acceptors (Lipinski definition) is 3. The molecule has 1 aromatic rings. The first-order chi connectivity index (χ1) is 8.60. The van der Waals surface area contributed by atoms with Gasteiger partial charge in [-0.05, 0) is 20.0 Å². The Kier molecular flexibility index (Phi) is 6.36. The summed E-state index contributed by atoms with van der Waals surface area (Å²) in [6, 6.07) is 8.00. The molecule has 1 aromatic carbocycles. The molecule has 0 spiro atoms. The molecule has 0 aliphatic carbocycles. The summed E-state index contributed by atoms with van der Waals surface area (Å²) in [7, 11) is 1.06. The normalized spacial score (nSPS) is 14.5. The zero-order chi connectivity index (χ0) is 13.5. The molecule has 102 valence electrons. The highest BCUT2D eigenvalue weighted by molar-refractivity contribution is 7.85. The van der Waals surface area contributed by atoms with E-state index in [2.05, 4.69) is 5.32 Å². The van der Waals surface area contributed by atoms with Crippen molar-refractivity contribution >= 4 is 10.8 Å². The highest BCUT2D eigenvalue weighted by Gasteiger charge is 2.18. The van der Waals surface area contributed by atoms with Crippen molar-refractivity contribution in [1.82, 2.24) is 5.32 Å². The highest BCUT2D eigenvalue weighted by atomic mass is 32.2. The Morgan fingerprint density at radius 3 is 2.56 bits per heavy atom. The summed E-state index contributed by atoms with van der Waals surface area (Å²) in [5, 5.41) is 3.41. The van der Waals surface area contributed by atoms with Crippen LogP contribution in [0.4, 0.5) is 0 Å². The minimum Gasteiger partial charge on any atom is -0.494 e. The van der Waals surface area contributed by atoms with Crippen LogP contribution >= 0.6 is 0 Å². The van der Waals surface area contributed by atoms with Crippen molar-refractivity contribution in [2.45, 2.75) is 32.1 Å². The van der Waals surface area contributed by atoms with Crippen LogP contribution in [0.1, 0.15) is 32.4 Å². The fraction of sp³-hybridized carbons (Fsp3) is 0.571. The van der Waals surface area contributed by atoms with E-state index < -0.39 is 10.8 Å². The van der Waals surface area contributed by atoms with Crippen LogP contribution in [0, 0.1) is 0 Å². The van der Waals surface area contributed by atoms with E-state index in [1.54, 1.807) is 0 Å². The molecule has 0 aromatic heterocycles. The van der Waals surface area contributed by atoms with E-state index in [0.29, 0.717) is 12.4 Å². The molecular weight excluding hydrogens is 246 g/mol. The number of rotatable bonds is 7. The Bertz CT molecular complexity index is 393. The van der Waals surface area contributed by atoms with Crippen molar-refractivity contribution in [2.24, 2.45) is 0 Å². The number of benzene rings is 1. The van der Waals surface area contributed by atoms with Gasteiger partial charge in [0, 0.05) is 33.4 Å². The van der Waals surface area contributed by atoms with Crippen LogP contribution < -0.4 is 10.1 Å². The molecular formula is C14H23NO2S. The van der Waals surface area contributed by atoms with Gasteiger partial charge in [-0.15, -0.1) is 0 Å². The fourth-order valence-corrected chi connectivity index (χ4v) is 2.80. The summed E-state index contributed by atoms with van der Waals surface area (Å²) in [5.74, 6) is 1.48. The minimum absolute atomic E-state index is 0.0657. The monoisotopic (exact) mass is 269 g/mol. The predicted octanol–water partition coefficient (Wildman–Crippen LogP) is 2.50. The van der Waals surface area contributed by atoms with Gasteiger partial charge in [0.25, 0.3) is 0 Å². The van der Waals surface area contributed by atoms with E-state index in [4.69, 9.17) is 4.74 Å². The van der Waals surface area contributed by atoms with Crippen LogP contribution in [0.3, 0.4) is 0 Å². The molecule has 0 radical (unpaired) electrons. The van der Waals surface area contributed by atoms with E-state index >= 15 is 0 Å². The quantitative estimate of drug-likeness (QED) is 0.826. The Labute approximate surface area is 112 Å². The Balaban J connectivity index is 2.90. The van der Waals surface area contributed by atoms with Crippen LogP contribution in [0.15, 0.2) is 24.3 Å². The van der Waals surface area contributed by atoms with Gasteiger partial charge in [-0.2, -0.15) is 0 Å². The number of hydrogen-bond donors (Lipinski definition) is 1. The van der Waals surface area contributed by atoms with Crippen molar-refractivity contribution in [3.63, 3.8) is 0 Å². The van der Waals surface area contributed by atoms with Gasteiger partial charge in [0.15, 0.2) is 0 Å². The molecule has 0 aliphatic rings. The third kappa shape index (κ3) is 4.10. The number of para-hydroxylation sites is 1. The van der Waals surface area contributed by atoms with Gasteiger partial charge in [-0.3, -0.25) is 4.21 Å². The van der Waals surface area contributed by atoms with Crippen molar-refractivity contribution in [3.8, 4) is 5.75 Å². The Morgan fingerprint density at radius 1 is 1.33 bits per heavy atom. The van der Waals surface area contributed by atoms with Gasteiger partial charge in [-0.1, -0.05) is 32.0 Å². The molecule has 0 fully saturated rings. The fourth-order valence-electron chi connectivity index (χ4n) is 1.74. The molecule has 0 saturated carbocycles. The molecule has 0 aliphatic heterocycles. The molecule has 4 heteroatoms. The average Bonchev–Trinajstić information content (AvgIpc) is 2.37. The van der Waals surface area contributed by atoms with Gasteiger partial charge in [0.1, 0.15) is 5.75 Å². The maximum Gasteiger partial charge on any atom is 0.124 e. The summed E-state index contributed by atoms with van der Waals surface area (Å²) in [5.41, 5.74) is 1.08. The van der Waals surface area contributed by atoms with Gasteiger partial charge in [0.05, 0.1) is 6.61 Å². The topological polar surface area (TPSA) is 38.3 Å². The van der Waals surface area contributed by atoms with Crippen LogP contribution in [0.5, 0.6) is 5.75 Å². The standard InChI is InChI=1S/C14H23NO2S/c1-5-17-14-9-7-6-8-12(14)13(15-4)10-18(16)11(2)3/h6-9,11,13,15H,5,10H2,1-4H3. The second-order valence-electron chi connectivity index (χ2n) is 4.41. The van der Waals surface area contributed by atoms with Gasteiger partial charge < -0.3 is 10.1 Å². The summed E-state index contributed by atoms with van der Waals surface area (Å²) < 4.78 is 17.6. The van der Waals surface area contributed by atoms with E-state index in [1.807, 2.05) is 52.1 Å². The SMILES string of the molecule is CCOc1ccccc1C(CS(=O)C(C)C)NC. The molecule has 2 atom stereocenters. The maximum atomic E-state index is 12.0. The lowest BCUT2D eigenvalue weighted by Gasteiger charge is -2.20. The second kappa shape index (κ2) is 7.54. The van der Waals surface area contributed by atoms with E-state index in [1.165, 1.54) is 0 Å². The average molecular weight is 269 g/mol. The lowest BCUT2D eigenvalue weighted by molar-refractivity contribution is 0.333. The third-order valence-corrected chi connectivity index (χ3v) is 4.51. The van der Waals surface area contributed by atoms with Crippen LogP contribution in [-0.4, -0.2) is 28.9 Å². The Morgan fingerprint density at radius 2 is 2.00 bits per heavy atom.